The lowest BCUT2D eigenvalue weighted by atomic mass is 10.1. The van der Waals surface area contributed by atoms with Crippen molar-refractivity contribution in [2.24, 2.45) is 0 Å². The molecule has 1 aromatic rings. The standard InChI is InChI=1S/C15H21NO5/c1-11-4-5-13(21-3)12(8-11)9-14(17)16(6-7-20-2)10-15(18)19/h4-5,8H,6-7,9-10H2,1-3H3,(H,18,19). The van der Waals surface area contributed by atoms with Gasteiger partial charge in [-0.2, -0.15) is 0 Å². The lowest BCUT2D eigenvalue weighted by Crippen LogP contribution is -2.38. The molecule has 0 saturated carbocycles. The van der Waals surface area contributed by atoms with Crippen LogP contribution in [0.2, 0.25) is 0 Å². The molecule has 1 rings (SSSR count). The molecule has 21 heavy (non-hydrogen) atoms. The fourth-order valence-electron chi connectivity index (χ4n) is 1.98. The SMILES string of the molecule is COCCN(CC(=O)O)C(=O)Cc1cc(C)ccc1OC. The smallest absolute Gasteiger partial charge is 0.323 e. The Morgan fingerprint density at radius 1 is 1.29 bits per heavy atom. The maximum Gasteiger partial charge on any atom is 0.323 e. The van der Waals surface area contributed by atoms with Gasteiger partial charge < -0.3 is 19.5 Å². The Hall–Kier alpha value is -2.08. The number of nitrogens with zero attached hydrogens (tertiary/aromatic N) is 1. The number of amides is 1. The van der Waals surface area contributed by atoms with E-state index in [0.717, 1.165) is 11.1 Å². The van der Waals surface area contributed by atoms with Crippen LogP contribution in [-0.2, 0) is 20.7 Å². The van der Waals surface area contributed by atoms with Crippen molar-refractivity contribution in [2.75, 3.05) is 33.9 Å². The number of carboxylic acid groups (broad SMARTS) is 1. The zero-order valence-corrected chi connectivity index (χ0v) is 12.6. The fraction of sp³-hybridized carbons (Fsp3) is 0.467. The van der Waals surface area contributed by atoms with Crippen molar-refractivity contribution in [1.82, 2.24) is 4.90 Å². The molecule has 6 nitrogen and oxygen atoms in total. The summed E-state index contributed by atoms with van der Waals surface area (Å²) in [5.74, 6) is -0.690. The van der Waals surface area contributed by atoms with Crippen molar-refractivity contribution < 1.29 is 24.2 Å². The van der Waals surface area contributed by atoms with Crippen molar-refractivity contribution in [3.63, 3.8) is 0 Å². The maximum atomic E-state index is 12.3. The third-order valence-electron chi connectivity index (χ3n) is 3.02. The Bertz CT molecular complexity index is 501. The number of carbonyl (C=O) groups excluding carboxylic acids is 1. The lowest BCUT2D eigenvalue weighted by Gasteiger charge is -2.21. The van der Waals surface area contributed by atoms with Crippen LogP contribution in [0.4, 0.5) is 0 Å². The molecule has 1 amide bonds. The summed E-state index contributed by atoms with van der Waals surface area (Å²) >= 11 is 0. The summed E-state index contributed by atoms with van der Waals surface area (Å²) in [5, 5.41) is 8.88. The van der Waals surface area contributed by atoms with Crippen LogP contribution >= 0.6 is 0 Å². The van der Waals surface area contributed by atoms with Crippen molar-refractivity contribution in [1.29, 1.82) is 0 Å². The molecule has 0 atom stereocenters. The van der Waals surface area contributed by atoms with Gasteiger partial charge in [0.1, 0.15) is 12.3 Å². The summed E-state index contributed by atoms with van der Waals surface area (Å²) in [5.41, 5.74) is 1.76. The van der Waals surface area contributed by atoms with Crippen molar-refractivity contribution >= 4 is 11.9 Å². The number of carboxylic acids is 1. The Labute approximate surface area is 124 Å². The Kier molecular flexibility index (Phi) is 6.68. The number of aryl methyl sites for hydroxylation is 1. The van der Waals surface area contributed by atoms with E-state index >= 15 is 0 Å². The molecule has 0 fully saturated rings. The van der Waals surface area contributed by atoms with Crippen LogP contribution in [0.1, 0.15) is 11.1 Å². The molecule has 0 aliphatic heterocycles. The predicted molar refractivity (Wildman–Crippen MR) is 77.5 cm³/mol. The third kappa shape index (κ3) is 5.43. The van der Waals surface area contributed by atoms with Gasteiger partial charge in [-0.3, -0.25) is 9.59 Å². The number of carbonyl (C=O) groups is 2. The minimum absolute atomic E-state index is 0.0991. The molecule has 0 saturated heterocycles. The molecule has 116 valence electrons. The molecule has 1 aromatic carbocycles. The van der Waals surface area contributed by atoms with E-state index in [9.17, 15) is 9.59 Å². The highest BCUT2D eigenvalue weighted by Gasteiger charge is 2.18. The second-order valence-corrected chi connectivity index (χ2v) is 4.69. The van der Waals surface area contributed by atoms with E-state index < -0.39 is 5.97 Å². The van der Waals surface area contributed by atoms with Crippen molar-refractivity contribution in [2.45, 2.75) is 13.3 Å². The number of hydrogen-bond donors (Lipinski definition) is 1. The summed E-state index contributed by atoms with van der Waals surface area (Å²) < 4.78 is 10.1. The molecule has 0 heterocycles. The van der Waals surface area contributed by atoms with E-state index in [1.807, 2.05) is 19.1 Å². The van der Waals surface area contributed by atoms with Crippen LogP contribution in [0.3, 0.4) is 0 Å². The van der Waals surface area contributed by atoms with Crippen LogP contribution in [0.5, 0.6) is 5.75 Å². The second kappa shape index (κ2) is 8.26. The van der Waals surface area contributed by atoms with E-state index in [0.29, 0.717) is 12.4 Å². The molecular weight excluding hydrogens is 274 g/mol. The van der Waals surface area contributed by atoms with Crippen LogP contribution in [-0.4, -0.2) is 55.8 Å². The largest absolute Gasteiger partial charge is 0.496 e. The molecule has 0 unspecified atom stereocenters. The normalized spacial score (nSPS) is 10.2. The monoisotopic (exact) mass is 295 g/mol. The average Bonchev–Trinajstić information content (AvgIpc) is 2.43. The second-order valence-electron chi connectivity index (χ2n) is 4.69. The minimum Gasteiger partial charge on any atom is -0.496 e. The van der Waals surface area contributed by atoms with Gasteiger partial charge in [0.2, 0.25) is 5.91 Å². The Morgan fingerprint density at radius 3 is 2.57 bits per heavy atom. The molecule has 0 bridgehead atoms. The summed E-state index contributed by atoms with van der Waals surface area (Å²) in [6.45, 7) is 2.13. The van der Waals surface area contributed by atoms with Crippen LogP contribution in [0.25, 0.3) is 0 Å². The number of benzene rings is 1. The summed E-state index contributed by atoms with van der Waals surface area (Å²) in [6, 6.07) is 5.56. The topological polar surface area (TPSA) is 76.1 Å². The maximum absolute atomic E-state index is 12.3. The van der Waals surface area contributed by atoms with Gasteiger partial charge in [-0.05, 0) is 13.0 Å². The first-order valence-corrected chi connectivity index (χ1v) is 6.60. The van der Waals surface area contributed by atoms with E-state index in [1.165, 1.54) is 12.0 Å². The number of rotatable bonds is 8. The highest BCUT2D eigenvalue weighted by molar-refractivity contribution is 5.83. The molecule has 0 aliphatic rings. The summed E-state index contributed by atoms with van der Waals surface area (Å²) in [7, 11) is 3.05. The van der Waals surface area contributed by atoms with E-state index in [2.05, 4.69) is 0 Å². The first-order valence-electron chi connectivity index (χ1n) is 6.60. The zero-order chi connectivity index (χ0) is 15.8. The molecular formula is C15H21NO5. The van der Waals surface area contributed by atoms with Gasteiger partial charge >= 0.3 is 5.97 Å². The molecule has 0 aliphatic carbocycles. The van der Waals surface area contributed by atoms with Gasteiger partial charge in [0.05, 0.1) is 20.1 Å². The summed E-state index contributed by atoms with van der Waals surface area (Å²) in [6.07, 6.45) is 0.0991. The number of hydrogen-bond acceptors (Lipinski definition) is 4. The number of aliphatic carboxylic acids is 1. The van der Waals surface area contributed by atoms with E-state index in [-0.39, 0.29) is 25.4 Å². The van der Waals surface area contributed by atoms with E-state index in [1.54, 1.807) is 13.2 Å². The van der Waals surface area contributed by atoms with Gasteiger partial charge in [0, 0.05) is 19.2 Å². The Morgan fingerprint density at radius 2 is 2.00 bits per heavy atom. The highest BCUT2D eigenvalue weighted by atomic mass is 16.5. The Balaban J connectivity index is 2.84. The van der Waals surface area contributed by atoms with Gasteiger partial charge in [-0.1, -0.05) is 17.7 Å². The molecule has 1 N–H and O–H groups in total. The molecule has 0 spiro atoms. The van der Waals surface area contributed by atoms with Gasteiger partial charge in [0.15, 0.2) is 0 Å². The highest BCUT2D eigenvalue weighted by Crippen LogP contribution is 2.20. The summed E-state index contributed by atoms with van der Waals surface area (Å²) in [4.78, 5) is 24.4. The van der Waals surface area contributed by atoms with Gasteiger partial charge in [0.25, 0.3) is 0 Å². The zero-order valence-electron chi connectivity index (χ0n) is 12.6. The minimum atomic E-state index is -1.05. The first kappa shape index (κ1) is 17.0. The molecule has 0 radical (unpaired) electrons. The number of ether oxygens (including phenoxy) is 2. The average molecular weight is 295 g/mol. The van der Waals surface area contributed by atoms with E-state index in [4.69, 9.17) is 14.6 Å². The van der Waals surface area contributed by atoms with Crippen molar-refractivity contribution in [3.8, 4) is 5.75 Å². The first-order chi connectivity index (χ1) is 9.97. The van der Waals surface area contributed by atoms with Crippen LogP contribution in [0.15, 0.2) is 18.2 Å². The fourth-order valence-corrected chi connectivity index (χ4v) is 1.98. The predicted octanol–water partition coefficient (Wildman–Crippen LogP) is 1.11. The lowest BCUT2D eigenvalue weighted by molar-refractivity contribution is -0.144. The van der Waals surface area contributed by atoms with Gasteiger partial charge in [-0.25, -0.2) is 0 Å². The van der Waals surface area contributed by atoms with Crippen LogP contribution < -0.4 is 4.74 Å². The third-order valence-corrected chi connectivity index (χ3v) is 3.02. The van der Waals surface area contributed by atoms with Gasteiger partial charge in [-0.15, -0.1) is 0 Å². The number of methoxy groups -OCH3 is 2. The van der Waals surface area contributed by atoms with Crippen LogP contribution in [0, 0.1) is 6.92 Å². The molecule has 6 heteroatoms. The quantitative estimate of drug-likeness (QED) is 0.777. The molecule has 0 aromatic heterocycles. The van der Waals surface area contributed by atoms with Crippen molar-refractivity contribution in [3.05, 3.63) is 29.3 Å².